The summed E-state index contributed by atoms with van der Waals surface area (Å²) in [6.45, 7) is 3.80. The second-order valence-corrected chi connectivity index (χ2v) is 6.98. The van der Waals surface area contributed by atoms with E-state index in [-0.39, 0.29) is 5.91 Å². The summed E-state index contributed by atoms with van der Waals surface area (Å²) < 4.78 is 4.86. The molecule has 1 fully saturated rings. The molecule has 23 heavy (non-hydrogen) atoms. The van der Waals surface area contributed by atoms with Crippen LogP contribution in [0.4, 0.5) is 0 Å². The van der Waals surface area contributed by atoms with E-state index in [0.29, 0.717) is 19.4 Å². The summed E-state index contributed by atoms with van der Waals surface area (Å²) in [7, 11) is 2.04. The molecule has 0 bridgehead atoms. The Balaban J connectivity index is 2.07. The largest absolute Gasteiger partial charge is 0.481 e. The number of hydrogen-bond acceptors (Lipinski definition) is 5. The number of nitrogens with one attached hydrogen (secondary N) is 1. The fourth-order valence-corrected chi connectivity index (χ4v) is 3.73. The highest BCUT2D eigenvalue weighted by atomic mass is 32.2. The number of amides is 1. The Bertz CT molecular complexity index is 584. The summed E-state index contributed by atoms with van der Waals surface area (Å²) in [6.07, 6.45) is 1.40. The van der Waals surface area contributed by atoms with Crippen molar-refractivity contribution in [2.75, 3.05) is 26.7 Å². The molecule has 2 rings (SSSR count). The molecule has 6 heteroatoms. The molecule has 1 aromatic rings. The Hall–Kier alpha value is -1.68. The average Bonchev–Trinajstić information content (AvgIpc) is 2.58. The second kappa shape index (κ2) is 8.25. The highest BCUT2D eigenvalue weighted by Crippen LogP contribution is 2.41. The van der Waals surface area contributed by atoms with Gasteiger partial charge in [0.15, 0.2) is 0 Å². The highest BCUT2D eigenvalue weighted by Gasteiger charge is 2.41. The maximum absolute atomic E-state index is 12.2. The van der Waals surface area contributed by atoms with Gasteiger partial charge in [-0.2, -0.15) is 0 Å². The van der Waals surface area contributed by atoms with Crippen LogP contribution in [0.2, 0.25) is 0 Å². The van der Waals surface area contributed by atoms with Crippen LogP contribution >= 0.6 is 11.8 Å². The molecule has 0 unspecified atom stereocenters. The summed E-state index contributed by atoms with van der Waals surface area (Å²) in [5.74, 6) is 6.05. The Kier molecular flexibility index (Phi) is 6.34. The van der Waals surface area contributed by atoms with Gasteiger partial charge < -0.3 is 9.64 Å². The van der Waals surface area contributed by atoms with Crippen LogP contribution in [0, 0.1) is 11.8 Å². The zero-order chi connectivity index (χ0) is 16.7. The number of ether oxygens (including phenoxy) is 1. The third-order valence-corrected chi connectivity index (χ3v) is 5.43. The molecule has 0 aliphatic carbocycles. The molecular weight excluding hydrogens is 312 g/mol. The topological polar surface area (TPSA) is 61.8 Å². The standard InChI is InChI=1S/C17H22N2O3S/c1-3-4-13-22-14-5-7-15(8-6-14)23-17(16(20)18-21)9-11-19(2)12-10-17/h5-8,21H,9-13H2,1-2H3,(H,18,20). The minimum Gasteiger partial charge on any atom is -0.481 e. The number of piperidine rings is 1. The summed E-state index contributed by atoms with van der Waals surface area (Å²) in [5, 5.41) is 9.10. The van der Waals surface area contributed by atoms with E-state index >= 15 is 0 Å². The lowest BCUT2D eigenvalue weighted by molar-refractivity contribution is -0.132. The Labute approximate surface area is 141 Å². The lowest BCUT2D eigenvalue weighted by atomic mass is 9.95. The average molecular weight is 334 g/mol. The zero-order valence-electron chi connectivity index (χ0n) is 13.5. The first-order valence-corrected chi connectivity index (χ1v) is 8.36. The lowest BCUT2D eigenvalue weighted by Gasteiger charge is -2.38. The van der Waals surface area contributed by atoms with E-state index in [4.69, 9.17) is 9.94 Å². The van der Waals surface area contributed by atoms with Gasteiger partial charge in [0.2, 0.25) is 0 Å². The molecule has 124 valence electrons. The van der Waals surface area contributed by atoms with Gasteiger partial charge in [0.05, 0.1) is 0 Å². The van der Waals surface area contributed by atoms with Crippen molar-refractivity contribution >= 4 is 17.7 Å². The molecule has 5 nitrogen and oxygen atoms in total. The molecule has 0 spiro atoms. The van der Waals surface area contributed by atoms with E-state index in [9.17, 15) is 4.79 Å². The molecule has 1 aliphatic heterocycles. The fraction of sp³-hybridized carbons (Fsp3) is 0.471. The summed E-state index contributed by atoms with van der Waals surface area (Å²) in [6, 6.07) is 7.62. The third-order valence-electron chi connectivity index (χ3n) is 3.93. The number of carbonyl (C=O) groups is 1. The Morgan fingerprint density at radius 2 is 2.04 bits per heavy atom. The van der Waals surface area contributed by atoms with Gasteiger partial charge in [0.1, 0.15) is 17.1 Å². The van der Waals surface area contributed by atoms with Crippen molar-refractivity contribution in [3.63, 3.8) is 0 Å². The maximum atomic E-state index is 12.2. The van der Waals surface area contributed by atoms with Gasteiger partial charge in [-0.1, -0.05) is 5.92 Å². The van der Waals surface area contributed by atoms with E-state index in [2.05, 4.69) is 16.7 Å². The van der Waals surface area contributed by atoms with E-state index in [1.165, 1.54) is 11.8 Å². The van der Waals surface area contributed by atoms with Crippen molar-refractivity contribution in [1.29, 1.82) is 0 Å². The summed E-state index contributed by atoms with van der Waals surface area (Å²) >= 11 is 1.50. The first-order chi connectivity index (χ1) is 11.1. The molecule has 1 heterocycles. The van der Waals surface area contributed by atoms with Crippen molar-refractivity contribution in [2.24, 2.45) is 0 Å². The van der Waals surface area contributed by atoms with E-state index in [1.54, 1.807) is 6.92 Å². The predicted molar refractivity (Wildman–Crippen MR) is 90.6 cm³/mol. The normalized spacial score (nSPS) is 17.0. The van der Waals surface area contributed by atoms with E-state index in [1.807, 2.05) is 36.8 Å². The van der Waals surface area contributed by atoms with Crippen molar-refractivity contribution in [2.45, 2.75) is 29.4 Å². The van der Waals surface area contributed by atoms with Gasteiger partial charge >= 0.3 is 0 Å². The number of benzene rings is 1. The zero-order valence-corrected chi connectivity index (χ0v) is 14.3. The van der Waals surface area contributed by atoms with Gasteiger partial charge in [0, 0.05) is 4.90 Å². The first kappa shape index (κ1) is 17.7. The van der Waals surface area contributed by atoms with E-state index < -0.39 is 4.75 Å². The number of hydroxylamine groups is 1. The maximum Gasteiger partial charge on any atom is 0.260 e. The Morgan fingerprint density at radius 1 is 1.39 bits per heavy atom. The minimum atomic E-state index is -0.628. The molecule has 1 amide bonds. The SMILES string of the molecule is CC#CCOc1ccc(SC2(C(=O)NO)CCN(C)CC2)cc1. The van der Waals surface area contributed by atoms with Crippen molar-refractivity contribution < 1.29 is 14.7 Å². The number of hydrogen-bond donors (Lipinski definition) is 2. The van der Waals surface area contributed by atoms with Gasteiger partial charge in [-0.15, -0.1) is 17.7 Å². The highest BCUT2D eigenvalue weighted by molar-refractivity contribution is 8.01. The van der Waals surface area contributed by atoms with Crippen LogP contribution in [0.1, 0.15) is 19.8 Å². The van der Waals surface area contributed by atoms with Crippen molar-refractivity contribution in [3.05, 3.63) is 24.3 Å². The molecule has 2 N–H and O–H groups in total. The summed E-state index contributed by atoms with van der Waals surface area (Å²) in [4.78, 5) is 15.4. The lowest BCUT2D eigenvalue weighted by Crippen LogP contribution is -2.50. The number of thioether (sulfide) groups is 1. The van der Waals surface area contributed by atoms with Gasteiger partial charge in [-0.25, -0.2) is 5.48 Å². The van der Waals surface area contributed by atoms with Gasteiger partial charge in [-0.3, -0.25) is 10.0 Å². The second-order valence-electron chi connectivity index (χ2n) is 5.53. The molecule has 0 atom stereocenters. The summed E-state index contributed by atoms with van der Waals surface area (Å²) in [5.41, 5.74) is 1.84. The minimum absolute atomic E-state index is 0.325. The van der Waals surface area contributed by atoms with Gasteiger partial charge in [-0.05, 0) is 64.2 Å². The molecule has 1 aromatic carbocycles. The number of nitrogens with zero attached hydrogens (tertiary/aromatic N) is 1. The van der Waals surface area contributed by atoms with Crippen LogP contribution in [0.3, 0.4) is 0 Å². The van der Waals surface area contributed by atoms with E-state index in [0.717, 1.165) is 23.7 Å². The monoisotopic (exact) mass is 334 g/mol. The van der Waals surface area contributed by atoms with Crippen molar-refractivity contribution in [3.8, 4) is 17.6 Å². The van der Waals surface area contributed by atoms with Crippen LogP contribution in [-0.4, -0.2) is 47.5 Å². The molecule has 0 radical (unpaired) electrons. The van der Waals surface area contributed by atoms with Crippen LogP contribution < -0.4 is 10.2 Å². The molecular formula is C17H22N2O3S. The third kappa shape index (κ3) is 4.64. The molecule has 1 saturated heterocycles. The number of rotatable bonds is 5. The van der Waals surface area contributed by atoms with Crippen molar-refractivity contribution in [1.82, 2.24) is 10.4 Å². The molecule has 0 aromatic heterocycles. The molecule has 0 saturated carbocycles. The van der Waals surface area contributed by atoms with Gasteiger partial charge in [0.25, 0.3) is 5.91 Å². The number of carbonyl (C=O) groups excluding carboxylic acids is 1. The van der Waals surface area contributed by atoms with Crippen LogP contribution in [0.15, 0.2) is 29.2 Å². The quantitative estimate of drug-likeness (QED) is 0.491. The smallest absolute Gasteiger partial charge is 0.260 e. The Morgan fingerprint density at radius 3 is 2.61 bits per heavy atom. The predicted octanol–water partition coefficient (Wildman–Crippen LogP) is 2.15. The fourth-order valence-electron chi connectivity index (χ4n) is 2.48. The number of likely N-dealkylation sites (tertiary alicyclic amines) is 1. The molecule has 1 aliphatic rings. The first-order valence-electron chi connectivity index (χ1n) is 7.54. The van der Waals surface area contributed by atoms with Crippen LogP contribution in [0.5, 0.6) is 5.75 Å². The van der Waals surface area contributed by atoms with Crippen LogP contribution in [-0.2, 0) is 4.79 Å². The van der Waals surface area contributed by atoms with Crippen LogP contribution in [0.25, 0.3) is 0 Å².